The molecule has 1 aliphatic rings. The molecule has 1 atom stereocenters. The van der Waals surface area contributed by atoms with Gasteiger partial charge in [0.15, 0.2) is 11.6 Å². The van der Waals surface area contributed by atoms with Gasteiger partial charge in [0.1, 0.15) is 28.9 Å². The van der Waals surface area contributed by atoms with Crippen molar-refractivity contribution in [3.8, 4) is 11.3 Å². The first-order chi connectivity index (χ1) is 18.2. The quantitative estimate of drug-likeness (QED) is 0.369. The van der Waals surface area contributed by atoms with Crippen LogP contribution in [0.5, 0.6) is 0 Å². The highest BCUT2D eigenvalue weighted by molar-refractivity contribution is 5.83. The number of hydrogen-bond acceptors (Lipinski definition) is 8. The van der Waals surface area contributed by atoms with Crippen LogP contribution in [-0.2, 0) is 16.1 Å². The molecule has 0 unspecified atom stereocenters. The minimum atomic E-state index is -0.928. The fourth-order valence-corrected chi connectivity index (χ4v) is 4.68. The number of imidazole rings is 1. The SMILES string of the molecule is Cc1nc2c(F)cc(-c3nc(Nc4ccc(CN5CCOC[C@@H]5C(=O)O)cn4)ncc3F)cc2n1C(C)C. The van der Waals surface area contributed by atoms with Crippen molar-refractivity contribution in [3.63, 3.8) is 0 Å². The summed E-state index contributed by atoms with van der Waals surface area (Å²) in [5, 5.41) is 12.4. The van der Waals surface area contributed by atoms with Gasteiger partial charge in [-0.05, 0) is 44.5 Å². The van der Waals surface area contributed by atoms with Crippen LogP contribution in [0.15, 0.2) is 36.7 Å². The molecule has 0 aliphatic carbocycles. The van der Waals surface area contributed by atoms with Gasteiger partial charge in [0.05, 0.1) is 24.9 Å². The molecular formula is C26H27F2N7O3. The van der Waals surface area contributed by atoms with Gasteiger partial charge in [0.2, 0.25) is 5.95 Å². The van der Waals surface area contributed by atoms with E-state index in [0.717, 1.165) is 11.8 Å². The van der Waals surface area contributed by atoms with Crippen molar-refractivity contribution >= 4 is 28.8 Å². The molecule has 10 nitrogen and oxygen atoms in total. The lowest BCUT2D eigenvalue weighted by molar-refractivity contribution is -0.150. The molecule has 0 spiro atoms. The number of nitrogens with one attached hydrogen (secondary N) is 1. The Morgan fingerprint density at radius 2 is 2.00 bits per heavy atom. The second kappa shape index (κ2) is 10.4. The molecule has 38 heavy (non-hydrogen) atoms. The van der Waals surface area contributed by atoms with E-state index in [9.17, 15) is 18.7 Å². The number of fused-ring (bicyclic) bond motifs is 1. The first-order valence-corrected chi connectivity index (χ1v) is 12.2. The van der Waals surface area contributed by atoms with E-state index in [4.69, 9.17) is 4.74 Å². The fourth-order valence-electron chi connectivity index (χ4n) is 4.68. The van der Waals surface area contributed by atoms with E-state index in [2.05, 4.69) is 25.3 Å². The molecule has 0 amide bonds. The molecule has 4 heterocycles. The van der Waals surface area contributed by atoms with Gasteiger partial charge in [-0.15, -0.1) is 0 Å². The topological polar surface area (TPSA) is 118 Å². The number of halogens is 2. The number of hydrogen-bond donors (Lipinski definition) is 2. The third-order valence-corrected chi connectivity index (χ3v) is 6.43. The molecule has 0 saturated carbocycles. The van der Waals surface area contributed by atoms with E-state index in [1.807, 2.05) is 29.4 Å². The van der Waals surface area contributed by atoms with Crippen LogP contribution < -0.4 is 5.32 Å². The number of rotatable bonds is 7. The van der Waals surface area contributed by atoms with Gasteiger partial charge in [-0.25, -0.2) is 28.7 Å². The monoisotopic (exact) mass is 523 g/mol. The number of morpholine rings is 1. The van der Waals surface area contributed by atoms with E-state index in [0.29, 0.717) is 36.9 Å². The third-order valence-electron chi connectivity index (χ3n) is 6.43. The number of anilines is 2. The largest absolute Gasteiger partial charge is 0.480 e. The number of carboxylic acid groups (broad SMARTS) is 1. The molecule has 12 heteroatoms. The predicted molar refractivity (Wildman–Crippen MR) is 136 cm³/mol. The van der Waals surface area contributed by atoms with E-state index in [1.54, 1.807) is 25.3 Å². The van der Waals surface area contributed by atoms with Gasteiger partial charge in [0.25, 0.3) is 0 Å². The highest BCUT2D eigenvalue weighted by atomic mass is 19.1. The van der Waals surface area contributed by atoms with Crippen molar-refractivity contribution in [1.29, 1.82) is 0 Å². The summed E-state index contributed by atoms with van der Waals surface area (Å²) in [6.45, 7) is 7.26. The van der Waals surface area contributed by atoms with Gasteiger partial charge in [-0.3, -0.25) is 9.69 Å². The van der Waals surface area contributed by atoms with Crippen molar-refractivity contribution in [2.75, 3.05) is 25.1 Å². The van der Waals surface area contributed by atoms with Crippen molar-refractivity contribution in [2.24, 2.45) is 0 Å². The Balaban J connectivity index is 1.38. The molecule has 4 aromatic rings. The number of carbonyl (C=O) groups is 1. The Labute approximate surface area is 217 Å². The zero-order valence-electron chi connectivity index (χ0n) is 21.2. The fraction of sp³-hybridized carbons (Fsp3) is 0.346. The van der Waals surface area contributed by atoms with Crippen LogP contribution in [0.3, 0.4) is 0 Å². The van der Waals surface area contributed by atoms with Gasteiger partial charge in [0, 0.05) is 30.9 Å². The lowest BCUT2D eigenvalue weighted by Crippen LogP contribution is -2.49. The second-order valence-corrected chi connectivity index (χ2v) is 9.41. The number of aromatic nitrogens is 5. The highest BCUT2D eigenvalue weighted by Gasteiger charge is 2.29. The molecule has 198 valence electrons. The summed E-state index contributed by atoms with van der Waals surface area (Å²) >= 11 is 0. The number of ether oxygens (including phenoxy) is 1. The minimum Gasteiger partial charge on any atom is -0.480 e. The summed E-state index contributed by atoms with van der Waals surface area (Å²) in [5.41, 5.74) is 1.82. The molecule has 0 bridgehead atoms. The Kier molecular flexibility index (Phi) is 7.00. The van der Waals surface area contributed by atoms with E-state index in [-0.39, 0.29) is 35.4 Å². The molecule has 1 aliphatic heterocycles. The van der Waals surface area contributed by atoms with Crippen LogP contribution in [0, 0.1) is 18.6 Å². The summed E-state index contributed by atoms with van der Waals surface area (Å²) in [4.78, 5) is 30.3. The predicted octanol–water partition coefficient (Wildman–Crippen LogP) is 4.08. The smallest absolute Gasteiger partial charge is 0.323 e. The molecule has 1 aromatic carbocycles. The number of nitrogens with zero attached hydrogens (tertiary/aromatic N) is 6. The van der Waals surface area contributed by atoms with Crippen LogP contribution in [0.2, 0.25) is 0 Å². The molecule has 0 radical (unpaired) electrons. The van der Waals surface area contributed by atoms with Crippen molar-refractivity contribution in [1.82, 2.24) is 29.4 Å². The average molecular weight is 524 g/mol. The Bertz CT molecular complexity index is 1490. The van der Waals surface area contributed by atoms with Gasteiger partial charge >= 0.3 is 5.97 Å². The van der Waals surface area contributed by atoms with E-state index < -0.39 is 23.6 Å². The number of pyridine rings is 1. The molecule has 3 aromatic heterocycles. The molecule has 1 saturated heterocycles. The van der Waals surface area contributed by atoms with Crippen molar-refractivity contribution in [3.05, 3.63) is 59.7 Å². The number of aliphatic carboxylic acids is 1. The average Bonchev–Trinajstić information content (AvgIpc) is 3.23. The van der Waals surface area contributed by atoms with Crippen LogP contribution >= 0.6 is 0 Å². The number of carboxylic acids is 1. The van der Waals surface area contributed by atoms with E-state index in [1.165, 1.54) is 6.07 Å². The first-order valence-electron chi connectivity index (χ1n) is 12.2. The Morgan fingerprint density at radius 3 is 2.71 bits per heavy atom. The van der Waals surface area contributed by atoms with Crippen LogP contribution in [0.25, 0.3) is 22.3 Å². The third kappa shape index (κ3) is 5.04. The maximum absolute atomic E-state index is 14.9. The van der Waals surface area contributed by atoms with Crippen molar-refractivity contribution < 1.29 is 23.4 Å². The van der Waals surface area contributed by atoms with Gasteiger partial charge in [-0.1, -0.05) is 6.07 Å². The van der Waals surface area contributed by atoms with Crippen LogP contribution in [0.4, 0.5) is 20.5 Å². The minimum absolute atomic E-state index is 0.0365. The maximum Gasteiger partial charge on any atom is 0.323 e. The standard InChI is InChI=1S/C26H27F2N7O3/c1-14(2)35-15(3)31-24-18(27)8-17(9-20(24)35)23-19(28)11-30-26(33-23)32-22-5-4-16(10-29-22)12-34-6-7-38-13-21(34)25(36)37/h4-5,8-11,14,21H,6-7,12-13H2,1-3H3,(H,36,37)(H,29,30,32,33)/t21-/m1/s1. The Hall–Kier alpha value is -4.03. The summed E-state index contributed by atoms with van der Waals surface area (Å²) in [7, 11) is 0. The van der Waals surface area contributed by atoms with Gasteiger partial charge < -0.3 is 19.7 Å². The number of benzene rings is 1. The molecule has 5 rings (SSSR count). The van der Waals surface area contributed by atoms with Crippen LogP contribution in [0.1, 0.15) is 31.3 Å². The molecular weight excluding hydrogens is 496 g/mol. The summed E-state index contributed by atoms with van der Waals surface area (Å²) in [6.07, 6.45) is 2.65. The van der Waals surface area contributed by atoms with E-state index >= 15 is 0 Å². The lowest BCUT2D eigenvalue weighted by atomic mass is 10.1. The second-order valence-electron chi connectivity index (χ2n) is 9.41. The van der Waals surface area contributed by atoms with Gasteiger partial charge in [-0.2, -0.15) is 0 Å². The number of aryl methyl sites for hydroxylation is 1. The Morgan fingerprint density at radius 1 is 1.18 bits per heavy atom. The normalized spacial score (nSPS) is 16.3. The highest BCUT2D eigenvalue weighted by Crippen LogP contribution is 2.30. The summed E-state index contributed by atoms with van der Waals surface area (Å²) < 4.78 is 36.9. The zero-order chi connectivity index (χ0) is 27.0. The van der Waals surface area contributed by atoms with Crippen LogP contribution in [-0.4, -0.2) is 66.3 Å². The maximum atomic E-state index is 14.9. The molecule has 2 N–H and O–H groups in total. The van der Waals surface area contributed by atoms with Crippen molar-refractivity contribution in [2.45, 2.75) is 39.4 Å². The zero-order valence-corrected chi connectivity index (χ0v) is 21.2. The first kappa shape index (κ1) is 25.6. The lowest BCUT2D eigenvalue weighted by Gasteiger charge is -2.32. The summed E-state index contributed by atoms with van der Waals surface area (Å²) in [6, 6.07) is 5.74. The molecule has 1 fully saturated rings. The summed E-state index contributed by atoms with van der Waals surface area (Å²) in [5.74, 6) is -1.01.